The zero-order chi connectivity index (χ0) is 23.3. The van der Waals surface area contributed by atoms with E-state index in [1.807, 2.05) is 0 Å². The molecule has 0 aliphatic carbocycles. The third-order valence-electron chi connectivity index (χ3n) is 4.86. The molecule has 2 aromatic carbocycles. The van der Waals surface area contributed by atoms with Crippen molar-refractivity contribution in [1.29, 1.82) is 0 Å². The number of hydrogen-bond acceptors (Lipinski definition) is 5. The number of nitrogens with zero attached hydrogens (tertiary/aromatic N) is 2. The topological polar surface area (TPSA) is 91.0 Å². The molecule has 10 heteroatoms. The van der Waals surface area contributed by atoms with E-state index in [0.29, 0.717) is 22.1 Å². The van der Waals surface area contributed by atoms with E-state index >= 15 is 0 Å². The molecule has 2 N–H and O–H groups in total. The maximum atomic E-state index is 13.3. The molecule has 168 valence electrons. The molecule has 0 saturated carbocycles. The largest absolute Gasteiger partial charge is 0.497 e. The molecular weight excluding hydrogens is 452 g/mol. The van der Waals surface area contributed by atoms with Crippen LogP contribution in [0.3, 0.4) is 0 Å². The fraction of sp³-hybridized carbons (Fsp3) is 0.273. The fourth-order valence-electron chi connectivity index (χ4n) is 3.35. The molecule has 3 amide bonds. The number of amides is 3. The van der Waals surface area contributed by atoms with E-state index < -0.39 is 6.04 Å². The van der Waals surface area contributed by atoms with Gasteiger partial charge in [-0.15, -0.1) is 0 Å². The molecular formula is C22H23ClN4O4S. The molecule has 0 aromatic heterocycles. The molecule has 8 nitrogen and oxygen atoms in total. The Morgan fingerprint density at radius 3 is 2.56 bits per heavy atom. The summed E-state index contributed by atoms with van der Waals surface area (Å²) in [4.78, 5) is 40.4. The summed E-state index contributed by atoms with van der Waals surface area (Å²) in [5.74, 6) is -0.280. The number of ether oxygens (including phenoxy) is 1. The Labute approximate surface area is 196 Å². The first-order chi connectivity index (χ1) is 15.3. The second-order valence-corrected chi connectivity index (χ2v) is 7.91. The molecule has 32 heavy (non-hydrogen) atoms. The summed E-state index contributed by atoms with van der Waals surface area (Å²) < 4.78 is 5.25. The lowest BCUT2D eigenvalue weighted by atomic mass is 10.1. The highest BCUT2D eigenvalue weighted by atomic mass is 35.5. The van der Waals surface area contributed by atoms with E-state index in [0.717, 1.165) is 0 Å². The number of thiocarbonyl (C=S) groups is 1. The number of carbonyl (C=O) groups is 3. The number of hydrogen-bond donors (Lipinski definition) is 2. The monoisotopic (exact) mass is 474 g/mol. The average molecular weight is 475 g/mol. The van der Waals surface area contributed by atoms with Crippen molar-refractivity contribution < 1.29 is 19.1 Å². The van der Waals surface area contributed by atoms with Gasteiger partial charge in [0.05, 0.1) is 19.2 Å². The Bertz CT molecular complexity index is 1030. The third-order valence-corrected chi connectivity index (χ3v) is 5.53. The van der Waals surface area contributed by atoms with Crippen LogP contribution in [0, 0.1) is 0 Å². The maximum Gasteiger partial charge on any atom is 0.256 e. The minimum Gasteiger partial charge on any atom is -0.497 e. The van der Waals surface area contributed by atoms with Crippen molar-refractivity contribution in [3.63, 3.8) is 0 Å². The van der Waals surface area contributed by atoms with Crippen LogP contribution in [0.1, 0.15) is 13.3 Å². The first kappa shape index (κ1) is 23.5. The molecule has 1 aliphatic heterocycles. The number of carbonyl (C=O) groups excluding carboxylic acids is 3. The number of rotatable bonds is 8. The number of halogens is 1. The van der Waals surface area contributed by atoms with Crippen molar-refractivity contribution in [2.24, 2.45) is 0 Å². The van der Waals surface area contributed by atoms with Crippen LogP contribution in [0.5, 0.6) is 5.75 Å². The van der Waals surface area contributed by atoms with Gasteiger partial charge in [0.15, 0.2) is 5.11 Å². The van der Waals surface area contributed by atoms with E-state index in [2.05, 4.69) is 10.6 Å². The Morgan fingerprint density at radius 1 is 1.19 bits per heavy atom. The SMILES string of the molecule is COc1cccc(N2C(=O)[C@H](CC(=O)Nc3ccc(Cl)cc3)N(CCNC(C)=O)C2=S)c1. The summed E-state index contributed by atoms with van der Waals surface area (Å²) in [6.45, 7) is 1.97. The van der Waals surface area contributed by atoms with Crippen molar-refractivity contribution in [2.75, 3.05) is 30.4 Å². The van der Waals surface area contributed by atoms with Crippen molar-refractivity contribution >= 4 is 58.0 Å². The van der Waals surface area contributed by atoms with Gasteiger partial charge in [-0.05, 0) is 48.6 Å². The number of anilines is 2. The van der Waals surface area contributed by atoms with Gasteiger partial charge in [-0.25, -0.2) is 0 Å². The lowest BCUT2D eigenvalue weighted by Gasteiger charge is -2.24. The second-order valence-electron chi connectivity index (χ2n) is 7.11. The Hall–Kier alpha value is -3.17. The van der Waals surface area contributed by atoms with Crippen LogP contribution >= 0.6 is 23.8 Å². The lowest BCUT2D eigenvalue weighted by Crippen LogP contribution is -2.42. The van der Waals surface area contributed by atoms with E-state index in [1.54, 1.807) is 53.4 Å². The fourth-order valence-corrected chi connectivity index (χ4v) is 3.89. The van der Waals surface area contributed by atoms with Gasteiger partial charge in [0, 0.05) is 36.8 Å². The molecule has 0 bridgehead atoms. The zero-order valence-electron chi connectivity index (χ0n) is 17.6. The minimum atomic E-state index is -0.810. The summed E-state index contributed by atoms with van der Waals surface area (Å²) in [5.41, 5.74) is 1.12. The molecule has 1 saturated heterocycles. The molecule has 0 unspecified atom stereocenters. The summed E-state index contributed by atoms with van der Waals surface area (Å²) >= 11 is 11.5. The van der Waals surface area contributed by atoms with Gasteiger partial charge in [-0.2, -0.15) is 0 Å². The molecule has 0 radical (unpaired) electrons. The van der Waals surface area contributed by atoms with Crippen LogP contribution in [0.15, 0.2) is 48.5 Å². The maximum absolute atomic E-state index is 13.3. The van der Waals surface area contributed by atoms with Crippen LogP contribution in [-0.4, -0.2) is 54.0 Å². The molecule has 3 rings (SSSR count). The van der Waals surface area contributed by atoms with Gasteiger partial charge in [0.2, 0.25) is 11.8 Å². The van der Waals surface area contributed by atoms with Crippen molar-refractivity contribution in [1.82, 2.24) is 10.2 Å². The molecule has 2 aromatic rings. The third kappa shape index (κ3) is 5.54. The average Bonchev–Trinajstić information content (AvgIpc) is 2.99. The van der Waals surface area contributed by atoms with Crippen LogP contribution in [0.4, 0.5) is 11.4 Å². The summed E-state index contributed by atoms with van der Waals surface area (Å²) in [5, 5.41) is 6.28. The molecule has 1 heterocycles. The Morgan fingerprint density at radius 2 is 1.91 bits per heavy atom. The quantitative estimate of drug-likeness (QED) is 0.572. The molecule has 0 spiro atoms. The van der Waals surface area contributed by atoms with Gasteiger partial charge in [0.1, 0.15) is 11.8 Å². The van der Waals surface area contributed by atoms with E-state index in [1.165, 1.54) is 18.9 Å². The molecule has 1 atom stereocenters. The predicted molar refractivity (Wildman–Crippen MR) is 127 cm³/mol. The van der Waals surface area contributed by atoms with Gasteiger partial charge >= 0.3 is 0 Å². The number of methoxy groups -OCH3 is 1. The first-order valence-electron chi connectivity index (χ1n) is 9.88. The smallest absolute Gasteiger partial charge is 0.256 e. The van der Waals surface area contributed by atoms with Crippen molar-refractivity contribution in [2.45, 2.75) is 19.4 Å². The van der Waals surface area contributed by atoms with E-state index in [-0.39, 0.29) is 42.3 Å². The predicted octanol–water partition coefficient (Wildman–Crippen LogP) is 2.82. The highest BCUT2D eigenvalue weighted by molar-refractivity contribution is 7.80. The van der Waals surface area contributed by atoms with Crippen molar-refractivity contribution in [3.05, 3.63) is 53.6 Å². The van der Waals surface area contributed by atoms with Crippen LogP contribution in [-0.2, 0) is 14.4 Å². The Kier molecular flexibility index (Phi) is 7.66. The van der Waals surface area contributed by atoms with Crippen LogP contribution < -0.4 is 20.3 Å². The molecule has 1 aliphatic rings. The van der Waals surface area contributed by atoms with Gasteiger partial charge < -0.3 is 20.3 Å². The highest BCUT2D eigenvalue weighted by Crippen LogP contribution is 2.29. The highest BCUT2D eigenvalue weighted by Gasteiger charge is 2.44. The summed E-state index contributed by atoms with van der Waals surface area (Å²) in [6.07, 6.45) is -0.109. The van der Waals surface area contributed by atoms with Gasteiger partial charge in [-0.3, -0.25) is 19.3 Å². The van der Waals surface area contributed by atoms with Crippen molar-refractivity contribution in [3.8, 4) is 5.75 Å². The van der Waals surface area contributed by atoms with Crippen LogP contribution in [0.25, 0.3) is 0 Å². The van der Waals surface area contributed by atoms with E-state index in [4.69, 9.17) is 28.6 Å². The minimum absolute atomic E-state index is 0.109. The standard InChI is InChI=1S/C22H23ClN4O4S/c1-14(28)24-10-11-26-19(13-20(29)25-16-8-6-15(23)7-9-16)21(30)27(22(26)32)17-4-3-5-18(12-17)31-2/h3-9,12,19H,10-11,13H2,1-2H3,(H,24,28)(H,25,29)/t19-/m0/s1. The van der Waals surface area contributed by atoms with Crippen LogP contribution in [0.2, 0.25) is 5.02 Å². The first-order valence-corrected chi connectivity index (χ1v) is 10.7. The zero-order valence-corrected chi connectivity index (χ0v) is 19.2. The number of nitrogens with one attached hydrogen (secondary N) is 2. The molecule has 1 fully saturated rings. The summed E-state index contributed by atoms with van der Waals surface area (Å²) in [6, 6.07) is 12.8. The second kappa shape index (κ2) is 10.4. The number of benzene rings is 2. The normalized spacial score (nSPS) is 15.7. The Balaban J connectivity index is 1.81. The van der Waals surface area contributed by atoms with E-state index in [9.17, 15) is 14.4 Å². The van der Waals surface area contributed by atoms with Gasteiger partial charge in [0.25, 0.3) is 5.91 Å². The summed E-state index contributed by atoms with van der Waals surface area (Å²) in [7, 11) is 1.53. The lowest BCUT2D eigenvalue weighted by molar-refractivity contribution is -0.124. The van der Waals surface area contributed by atoms with Gasteiger partial charge in [-0.1, -0.05) is 17.7 Å².